The van der Waals surface area contributed by atoms with E-state index in [4.69, 9.17) is 11.6 Å². The maximum atomic E-state index is 12.0. The van der Waals surface area contributed by atoms with Crippen LogP contribution in [0.2, 0.25) is 5.02 Å². The van der Waals surface area contributed by atoms with Crippen LogP contribution < -0.4 is 0 Å². The fourth-order valence-electron chi connectivity index (χ4n) is 1.82. The number of hydrogen-bond acceptors (Lipinski definition) is 3. The zero-order chi connectivity index (χ0) is 11.8. The molecule has 16 heavy (non-hydrogen) atoms. The first-order valence-corrected chi connectivity index (χ1v) is 5.48. The Bertz CT molecular complexity index is 420. The van der Waals surface area contributed by atoms with Crippen molar-refractivity contribution < 1.29 is 9.90 Å². The zero-order valence-electron chi connectivity index (χ0n) is 8.98. The van der Waals surface area contributed by atoms with Crippen LogP contribution in [0.3, 0.4) is 0 Å². The smallest absolute Gasteiger partial charge is 0.257 e. The highest BCUT2D eigenvalue weighted by Crippen LogP contribution is 2.24. The predicted molar refractivity (Wildman–Crippen MR) is 60.4 cm³/mol. The number of hydrogen-bond donors (Lipinski definition) is 1. The molecule has 1 aliphatic heterocycles. The third kappa shape index (κ3) is 2.18. The van der Waals surface area contributed by atoms with E-state index >= 15 is 0 Å². The van der Waals surface area contributed by atoms with Crippen molar-refractivity contribution in [3.05, 3.63) is 29.0 Å². The van der Waals surface area contributed by atoms with E-state index in [0.29, 0.717) is 30.1 Å². The zero-order valence-corrected chi connectivity index (χ0v) is 9.74. The van der Waals surface area contributed by atoms with E-state index in [1.807, 2.05) is 0 Å². The van der Waals surface area contributed by atoms with Crippen molar-refractivity contribution in [2.45, 2.75) is 18.9 Å². The summed E-state index contributed by atoms with van der Waals surface area (Å²) in [6, 6.07) is 1.59. The summed E-state index contributed by atoms with van der Waals surface area (Å²) in [5.74, 6) is -0.170. The van der Waals surface area contributed by atoms with Crippen molar-refractivity contribution in [2.75, 3.05) is 13.1 Å². The molecule has 0 aromatic carbocycles. The summed E-state index contributed by atoms with van der Waals surface area (Å²) >= 11 is 5.92. The molecular formula is C11H13ClN2O2. The minimum absolute atomic E-state index is 0.170. The normalized spacial score (nSPS) is 24.8. The average Bonchev–Trinajstić information content (AvgIpc) is 2.59. The SMILES string of the molecule is CC1(O)CCN(C(=O)c2cnccc2Cl)C1. The number of halogens is 1. The van der Waals surface area contributed by atoms with Gasteiger partial charge < -0.3 is 10.0 Å². The molecule has 1 fully saturated rings. The number of aromatic nitrogens is 1. The summed E-state index contributed by atoms with van der Waals surface area (Å²) in [7, 11) is 0. The molecule has 4 nitrogen and oxygen atoms in total. The molecule has 1 amide bonds. The van der Waals surface area contributed by atoms with E-state index < -0.39 is 5.60 Å². The summed E-state index contributed by atoms with van der Waals surface area (Å²) in [6.07, 6.45) is 3.59. The summed E-state index contributed by atoms with van der Waals surface area (Å²) in [5.41, 5.74) is -0.397. The lowest BCUT2D eigenvalue weighted by molar-refractivity contribution is 0.0572. The second-order valence-corrected chi connectivity index (χ2v) is 4.74. The third-order valence-corrected chi connectivity index (χ3v) is 3.07. The van der Waals surface area contributed by atoms with E-state index in [1.165, 1.54) is 6.20 Å². The maximum Gasteiger partial charge on any atom is 0.257 e. The Kier molecular flexibility index (Phi) is 2.86. The molecule has 1 N–H and O–H groups in total. The third-order valence-electron chi connectivity index (χ3n) is 2.74. The largest absolute Gasteiger partial charge is 0.388 e. The van der Waals surface area contributed by atoms with Gasteiger partial charge in [0.15, 0.2) is 0 Å². The highest BCUT2D eigenvalue weighted by Gasteiger charge is 2.34. The molecule has 1 aromatic heterocycles. The number of nitrogens with zero attached hydrogens (tertiary/aromatic N) is 2. The Hall–Kier alpha value is -1.13. The molecule has 1 unspecified atom stereocenters. The topological polar surface area (TPSA) is 53.4 Å². The standard InChI is InChI=1S/C11H13ClN2O2/c1-11(16)3-5-14(7-11)10(15)8-6-13-4-2-9(8)12/h2,4,6,16H,3,5,7H2,1H3. The van der Waals surface area contributed by atoms with Crippen LogP contribution in [0.5, 0.6) is 0 Å². The number of likely N-dealkylation sites (tertiary alicyclic amines) is 1. The molecule has 0 radical (unpaired) electrons. The number of rotatable bonds is 1. The molecule has 0 bridgehead atoms. The molecule has 5 heteroatoms. The summed E-state index contributed by atoms with van der Waals surface area (Å²) in [4.78, 5) is 17.5. The van der Waals surface area contributed by atoms with Crippen LogP contribution >= 0.6 is 11.6 Å². The van der Waals surface area contributed by atoms with E-state index in [9.17, 15) is 9.90 Å². The Labute approximate surface area is 98.9 Å². The van der Waals surface area contributed by atoms with Gasteiger partial charge in [0, 0.05) is 25.5 Å². The average molecular weight is 241 g/mol. The van der Waals surface area contributed by atoms with Crippen molar-refractivity contribution in [1.29, 1.82) is 0 Å². The number of pyridine rings is 1. The van der Waals surface area contributed by atoms with Crippen LogP contribution in [-0.2, 0) is 0 Å². The molecule has 0 spiro atoms. The summed E-state index contributed by atoms with van der Waals surface area (Å²) in [5, 5.41) is 10.2. The Balaban J connectivity index is 2.18. The van der Waals surface area contributed by atoms with Gasteiger partial charge in [0.05, 0.1) is 16.2 Å². The lowest BCUT2D eigenvalue weighted by Crippen LogP contribution is -2.34. The monoisotopic (exact) mass is 240 g/mol. The summed E-state index contributed by atoms with van der Waals surface area (Å²) in [6.45, 7) is 2.62. The highest BCUT2D eigenvalue weighted by atomic mass is 35.5. The first kappa shape index (κ1) is 11.4. The van der Waals surface area contributed by atoms with Gasteiger partial charge in [0.2, 0.25) is 0 Å². The number of carbonyl (C=O) groups is 1. The second kappa shape index (κ2) is 4.03. The molecule has 1 aliphatic rings. The molecular weight excluding hydrogens is 228 g/mol. The van der Waals surface area contributed by atoms with Crippen LogP contribution in [0, 0.1) is 0 Å². The quantitative estimate of drug-likeness (QED) is 0.806. The molecule has 1 saturated heterocycles. The van der Waals surface area contributed by atoms with Crippen LogP contribution in [0.15, 0.2) is 18.5 Å². The van der Waals surface area contributed by atoms with Gasteiger partial charge in [-0.15, -0.1) is 0 Å². The van der Waals surface area contributed by atoms with Crippen LogP contribution in [0.1, 0.15) is 23.7 Å². The fourth-order valence-corrected chi connectivity index (χ4v) is 2.01. The van der Waals surface area contributed by atoms with Gasteiger partial charge >= 0.3 is 0 Å². The Morgan fingerprint density at radius 3 is 3.00 bits per heavy atom. The molecule has 0 saturated carbocycles. The van der Waals surface area contributed by atoms with Gasteiger partial charge in [-0.3, -0.25) is 9.78 Å². The Morgan fingerprint density at radius 1 is 1.69 bits per heavy atom. The minimum atomic E-state index is -0.787. The van der Waals surface area contributed by atoms with Gasteiger partial charge in [-0.2, -0.15) is 0 Å². The highest BCUT2D eigenvalue weighted by molar-refractivity contribution is 6.33. The second-order valence-electron chi connectivity index (χ2n) is 4.33. The van der Waals surface area contributed by atoms with Crippen molar-refractivity contribution >= 4 is 17.5 Å². The molecule has 0 aliphatic carbocycles. The van der Waals surface area contributed by atoms with Gasteiger partial charge in [-0.25, -0.2) is 0 Å². The fraction of sp³-hybridized carbons (Fsp3) is 0.455. The van der Waals surface area contributed by atoms with Crippen molar-refractivity contribution in [2.24, 2.45) is 0 Å². The predicted octanol–water partition coefficient (Wildman–Crippen LogP) is 1.33. The van der Waals surface area contributed by atoms with Crippen LogP contribution in [0.25, 0.3) is 0 Å². The van der Waals surface area contributed by atoms with Gasteiger partial charge in [0.1, 0.15) is 0 Å². The lowest BCUT2D eigenvalue weighted by atomic mass is 10.1. The first-order valence-electron chi connectivity index (χ1n) is 5.11. The molecule has 2 rings (SSSR count). The van der Waals surface area contributed by atoms with Crippen LogP contribution in [-0.4, -0.2) is 39.6 Å². The van der Waals surface area contributed by atoms with E-state index in [0.717, 1.165) is 0 Å². The van der Waals surface area contributed by atoms with Gasteiger partial charge in [-0.05, 0) is 19.4 Å². The van der Waals surface area contributed by atoms with Gasteiger partial charge in [-0.1, -0.05) is 11.6 Å². The van der Waals surface area contributed by atoms with Crippen LogP contribution in [0.4, 0.5) is 0 Å². The van der Waals surface area contributed by atoms with Crippen molar-refractivity contribution in [3.63, 3.8) is 0 Å². The molecule has 1 aromatic rings. The number of aliphatic hydroxyl groups is 1. The van der Waals surface area contributed by atoms with E-state index in [-0.39, 0.29) is 5.91 Å². The van der Waals surface area contributed by atoms with Gasteiger partial charge in [0.25, 0.3) is 5.91 Å². The molecule has 86 valence electrons. The first-order chi connectivity index (χ1) is 7.49. The maximum absolute atomic E-state index is 12.0. The number of carbonyl (C=O) groups excluding carboxylic acids is 1. The number of amides is 1. The van der Waals surface area contributed by atoms with E-state index in [1.54, 1.807) is 24.1 Å². The molecule has 1 atom stereocenters. The molecule has 2 heterocycles. The van der Waals surface area contributed by atoms with Crippen molar-refractivity contribution in [1.82, 2.24) is 9.88 Å². The lowest BCUT2D eigenvalue weighted by Gasteiger charge is -2.19. The van der Waals surface area contributed by atoms with Crippen molar-refractivity contribution in [3.8, 4) is 0 Å². The van der Waals surface area contributed by atoms with E-state index in [2.05, 4.69) is 4.98 Å². The minimum Gasteiger partial charge on any atom is -0.388 e. The summed E-state index contributed by atoms with van der Waals surface area (Å²) < 4.78 is 0. The Morgan fingerprint density at radius 2 is 2.44 bits per heavy atom. The number of β-amino-alcohol motifs (C(OH)–C–C–N with tert-alkyl or cyclic N) is 1.